The maximum absolute atomic E-state index is 13.7. The molecule has 1 aromatic heterocycles. The van der Waals surface area contributed by atoms with Crippen LogP contribution in [0, 0.1) is 13.8 Å². The molecule has 1 fully saturated rings. The Balaban J connectivity index is 1.63. The second-order valence-corrected chi connectivity index (χ2v) is 12.2. The summed E-state index contributed by atoms with van der Waals surface area (Å²) in [6.45, 7) is 7.72. The number of sulfonamides is 1. The molecule has 9 heteroatoms. The lowest BCUT2D eigenvalue weighted by atomic mass is 10.1. The molecule has 0 saturated carbocycles. The Labute approximate surface area is 211 Å². The Hall–Kier alpha value is -2.33. The average Bonchev–Trinajstić information content (AvgIpc) is 3.50. The predicted octanol–water partition coefficient (Wildman–Crippen LogP) is 5.16. The van der Waals surface area contributed by atoms with Crippen LogP contribution >= 0.6 is 11.3 Å². The van der Waals surface area contributed by atoms with Gasteiger partial charge in [0, 0.05) is 25.8 Å². The highest BCUT2D eigenvalue weighted by Gasteiger charge is 2.28. The molecule has 0 spiro atoms. The van der Waals surface area contributed by atoms with Crippen LogP contribution in [-0.2, 0) is 14.8 Å². The quantitative estimate of drug-likeness (QED) is 0.393. The molecule has 1 aliphatic rings. The van der Waals surface area contributed by atoms with E-state index < -0.39 is 10.0 Å². The lowest BCUT2D eigenvalue weighted by Crippen LogP contribution is -2.37. The van der Waals surface area contributed by atoms with Crippen molar-refractivity contribution in [2.24, 2.45) is 0 Å². The summed E-state index contributed by atoms with van der Waals surface area (Å²) in [5, 5.41) is 0.626. The number of nitrogens with zero attached hydrogens (tertiary/aromatic N) is 3. The number of aryl methyl sites for hydroxylation is 2. The van der Waals surface area contributed by atoms with Gasteiger partial charge in [0.1, 0.15) is 0 Å². The second-order valence-electron chi connectivity index (χ2n) is 9.16. The number of unbranched alkanes of at least 4 members (excludes halogenated alkanes) is 1. The van der Waals surface area contributed by atoms with Gasteiger partial charge in [0.05, 0.1) is 27.8 Å². The van der Waals surface area contributed by atoms with Gasteiger partial charge in [0.15, 0.2) is 5.13 Å². The minimum absolute atomic E-state index is 0.0405. The van der Waals surface area contributed by atoms with Crippen molar-refractivity contribution in [1.82, 2.24) is 9.29 Å². The van der Waals surface area contributed by atoms with Crippen LogP contribution in [0.3, 0.4) is 0 Å². The first-order chi connectivity index (χ1) is 16.7. The fourth-order valence-electron chi connectivity index (χ4n) is 4.13. The van der Waals surface area contributed by atoms with Gasteiger partial charge in [-0.2, -0.15) is 0 Å². The number of ether oxygens (including phenoxy) is 1. The van der Waals surface area contributed by atoms with Crippen molar-refractivity contribution in [1.29, 1.82) is 0 Å². The van der Waals surface area contributed by atoms with Gasteiger partial charge in [-0.25, -0.2) is 17.7 Å². The number of aromatic nitrogens is 1. The van der Waals surface area contributed by atoms with Crippen molar-refractivity contribution in [3.05, 3.63) is 53.1 Å². The predicted molar refractivity (Wildman–Crippen MR) is 141 cm³/mol. The monoisotopic (exact) mass is 515 g/mol. The van der Waals surface area contributed by atoms with Crippen LogP contribution in [0.5, 0.6) is 0 Å². The number of fused-ring (bicyclic) bond motifs is 1. The van der Waals surface area contributed by atoms with Crippen molar-refractivity contribution >= 4 is 42.6 Å². The third kappa shape index (κ3) is 5.58. The molecule has 0 radical (unpaired) electrons. The Kier molecular flexibility index (Phi) is 7.90. The van der Waals surface area contributed by atoms with E-state index in [1.165, 1.54) is 33.3 Å². The highest BCUT2D eigenvalue weighted by atomic mass is 32.2. The first-order valence-corrected chi connectivity index (χ1v) is 14.3. The minimum atomic E-state index is -3.59. The summed E-state index contributed by atoms with van der Waals surface area (Å²) in [5.41, 5.74) is 3.64. The number of benzene rings is 2. The highest BCUT2D eigenvalue weighted by molar-refractivity contribution is 7.89. The summed E-state index contributed by atoms with van der Waals surface area (Å²) in [4.78, 5) is 20.3. The second kappa shape index (κ2) is 10.7. The molecular weight excluding hydrogens is 482 g/mol. The van der Waals surface area contributed by atoms with Crippen LogP contribution in [-0.4, -0.2) is 56.5 Å². The average molecular weight is 516 g/mol. The molecule has 1 atom stereocenters. The third-order valence-corrected chi connectivity index (χ3v) is 9.43. The summed E-state index contributed by atoms with van der Waals surface area (Å²) in [7, 11) is -2.00. The van der Waals surface area contributed by atoms with Crippen LogP contribution in [0.15, 0.2) is 41.3 Å². The van der Waals surface area contributed by atoms with E-state index in [-0.39, 0.29) is 16.9 Å². The van der Waals surface area contributed by atoms with Gasteiger partial charge in [-0.05, 0) is 80.6 Å². The number of carbonyl (C=O) groups is 1. The molecule has 1 saturated heterocycles. The molecule has 188 valence electrons. The van der Waals surface area contributed by atoms with E-state index in [1.54, 1.807) is 24.1 Å². The van der Waals surface area contributed by atoms with Gasteiger partial charge in [-0.1, -0.05) is 24.7 Å². The Bertz CT molecular complexity index is 1260. The van der Waals surface area contributed by atoms with Gasteiger partial charge in [-0.3, -0.25) is 9.69 Å². The summed E-state index contributed by atoms with van der Waals surface area (Å²) in [6.07, 6.45) is 3.54. The molecule has 1 amide bonds. The van der Waals surface area contributed by atoms with Gasteiger partial charge in [0.25, 0.3) is 5.91 Å². The smallest absolute Gasteiger partial charge is 0.260 e. The molecule has 4 rings (SSSR count). The topological polar surface area (TPSA) is 79.8 Å². The maximum atomic E-state index is 13.7. The van der Waals surface area contributed by atoms with Crippen molar-refractivity contribution in [2.75, 3.05) is 31.6 Å². The molecule has 0 N–H and O–H groups in total. The van der Waals surface area contributed by atoms with Gasteiger partial charge in [0.2, 0.25) is 10.0 Å². The summed E-state index contributed by atoms with van der Waals surface area (Å²) >= 11 is 1.49. The Morgan fingerprint density at radius 3 is 2.54 bits per heavy atom. The van der Waals surface area contributed by atoms with Crippen molar-refractivity contribution in [3.63, 3.8) is 0 Å². The largest absolute Gasteiger partial charge is 0.376 e. The fourth-order valence-corrected chi connectivity index (χ4v) is 6.39. The van der Waals surface area contributed by atoms with E-state index in [4.69, 9.17) is 9.72 Å². The standard InChI is InChI=1S/C26H33N3O4S2/c1-5-6-13-28(4)35(31,32)22-11-9-20(10-12-22)25(30)29(17-21-8-7-14-33-21)26-27-23-15-18(2)19(3)16-24(23)34-26/h9-12,15-16,21H,5-8,13-14,17H2,1-4H3. The van der Waals surface area contributed by atoms with Crippen molar-refractivity contribution in [2.45, 2.75) is 57.5 Å². The molecule has 3 aromatic rings. The van der Waals surface area contributed by atoms with Crippen LogP contribution in [0.4, 0.5) is 5.13 Å². The van der Waals surface area contributed by atoms with E-state index in [2.05, 4.69) is 19.9 Å². The van der Waals surface area contributed by atoms with E-state index in [0.717, 1.165) is 41.5 Å². The number of thiazole rings is 1. The number of rotatable bonds is 9. The molecule has 1 aliphatic heterocycles. The van der Waals surface area contributed by atoms with E-state index >= 15 is 0 Å². The molecule has 2 aromatic carbocycles. The van der Waals surface area contributed by atoms with Crippen molar-refractivity contribution < 1.29 is 17.9 Å². The third-order valence-electron chi connectivity index (χ3n) is 6.51. The van der Waals surface area contributed by atoms with Crippen LogP contribution in [0.1, 0.15) is 54.1 Å². The lowest BCUT2D eigenvalue weighted by Gasteiger charge is -2.23. The molecular formula is C26H33N3O4S2. The first kappa shape index (κ1) is 25.8. The lowest BCUT2D eigenvalue weighted by molar-refractivity contribution is 0.0917. The number of hydrogen-bond acceptors (Lipinski definition) is 6. The first-order valence-electron chi connectivity index (χ1n) is 12.1. The zero-order valence-electron chi connectivity index (χ0n) is 20.8. The SMILES string of the molecule is CCCCN(C)S(=O)(=O)c1ccc(C(=O)N(CC2CCCO2)c2nc3cc(C)c(C)cc3s2)cc1. The molecule has 1 unspecified atom stereocenters. The molecule has 0 aliphatic carbocycles. The van der Waals surface area contributed by atoms with Crippen LogP contribution in [0.2, 0.25) is 0 Å². The fraction of sp³-hybridized carbons (Fsp3) is 0.462. The van der Waals surface area contributed by atoms with Gasteiger partial charge in [-0.15, -0.1) is 0 Å². The summed E-state index contributed by atoms with van der Waals surface area (Å²) < 4.78 is 33.9. The number of carbonyl (C=O) groups excluding carboxylic acids is 1. The van der Waals surface area contributed by atoms with Crippen LogP contribution in [0.25, 0.3) is 10.2 Å². The van der Waals surface area contributed by atoms with Crippen LogP contribution < -0.4 is 4.90 Å². The zero-order valence-corrected chi connectivity index (χ0v) is 22.4. The molecule has 2 heterocycles. The van der Waals surface area contributed by atoms with E-state index in [0.29, 0.717) is 30.4 Å². The number of hydrogen-bond donors (Lipinski definition) is 0. The maximum Gasteiger partial charge on any atom is 0.260 e. The van der Waals surface area contributed by atoms with E-state index in [1.807, 2.05) is 13.0 Å². The molecule has 0 bridgehead atoms. The number of anilines is 1. The molecule has 35 heavy (non-hydrogen) atoms. The minimum Gasteiger partial charge on any atom is -0.376 e. The van der Waals surface area contributed by atoms with Gasteiger partial charge < -0.3 is 4.74 Å². The summed E-state index contributed by atoms with van der Waals surface area (Å²) in [5.74, 6) is -0.212. The van der Waals surface area contributed by atoms with Crippen molar-refractivity contribution in [3.8, 4) is 0 Å². The summed E-state index contributed by atoms with van der Waals surface area (Å²) in [6, 6.07) is 10.4. The van der Waals surface area contributed by atoms with E-state index in [9.17, 15) is 13.2 Å². The zero-order chi connectivity index (χ0) is 25.2. The normalized spacial score (nSPS) is 16.3. The van der Waals surface area contributed by atoms with Gasteiger partial charge >= 0.3 is 0 Å². The Morgan fingerprint density at radius 1 is 1.17 bits per heavy atom. The number of amides is 1. The Morgan fingerprint density at radius 2 is 1.89 bits per heavy atom. The molecule has 7 nitrogen and oxygen atoms in total. The highest BCUT2D eigenvalue weighted by Crippen LogP contribution is 2.32.